The van der Waals surface area contributed by atoms with Gasteiger partial charge >= 0.3 is 0 Å². The summed E-state index contributed by atoms with van der Waals surface area (Å²) in [4.78, 5) is 16.3. The first kappa shape index (κ1) is 19.9. The topological polar surface area (TPSA) is 92.7 Å². The highest BCUT2D eigenvalue weighted by atomic mass is 16.5. The molecule has 0 bridgehead atoms. The van der Waals surface area contributed by atoms with E-state index in [0.717, 1.165) is 35.4 Å². The number of carbonyl (C=O) groups is 1. The van der Waals surface area contributed by atoms with Gasteiger partial charge in [-0.3, -0.25) is 14.4 Å². The zero-order valence-corrected chi connectivity index (χ0v) is 16.8. The van der Waals surface area contributed by atoms with E-state index in [9.17, 15) is 4.79 Å². The van der Waals surface area contributed by atoms with Crippen LogP contribution in [0.5, 0.6) is 0 Å². The predicted molar refractivity (Wildman–Crippen MR) is 120 cm³/mol. The van der Waals surface area contributed by atoms with Gasteiger partial charge in [0.25, 0.3) is 5.91 Å². The van der Waals surface area contributed by atoms with Crippen LogP contribution in [0.25, 0.3) is 23.9 Å². The number of amides is 1. The summed E-state index contributed by atoms with van der Waals surface area (Å²) in [6.45, 7) is 0. The SMILES string of the molecule is Nc1c(C=CC(=O)NO)ccc2nc(C=Cc3ccccc3)c(C3CCCCC3)n12. The van der Waals surface area contributed by atoms with Crippen molar-refractivity contribution >= 4 is 35.6 Å². The van der Waals surface area contributed by atoms with Crippen LogP contribution in [0.2, 0.25) is 0 Å². The maximum Gasteiger partial charge on any atom is 0.267 e. The molecular weight excluding hydrogens is 376 g/mol. The van der Waals surface area contributed by atoms with E-state index >= 15 is 0 Å². The van der Waals surface area contributed by atoms with Gasteiger partial charge in [-0.25, -0.2) is 10.5 Å². The Bertz CT molecular complexity index is 1090. The van der Waals surface area contributed by atoms with Gasteiger partial charge in [-0.1, -0.05) is 55.7 Å². The zero-order valence-electron chi connectivity index (χ0n) is 16.8. The molecule has 1 aromatic carbocycles. The largest absolute Gasteiger partial charge is 0.384 e. The Hall–Kier alpha value is -3.38. The fourth-order valence-corrected chi connectivity index (χ4v) is 4.19. The third-order valence-corrected chi connectivity index (χ3v) is 5.67. The van der Waals surface area contributed by atoms with E-state index in [1.165, 1.54) is 25.3 Å². The molecule has 1 aliphatic carbocycles. The number of nitrogens with two attached hydrogens (primary N) is 1. The molecule has 0 spiro atoms. The second kappa shape index (κ2) is 8.97. The number of pyridine rings is 1. The molecule has 0 atom stereocenters. The lowest BCUT2D eigenvalue weighted by atomic mass is 9.86. The van der Waals surface area contributed by atoms with Gasteiger partial charge in [-0.2, -0.15) is 0 Å². The van der Waals surface area contributed by atoms with Gasteiger partial charge in [0.1, 0.15) is 11.5 Å². The Kier molecular flexibility index (Phi) is 5.95. The summed E-state index contributed by atoms with van der Waals surface area (Å²) in [6.07, 6.45) is 12.9. The molecule has 1 saturated carbocycles. The van der Waals surface area contributed by atoms with Crippen molar-refractivity contribution in [1.82, 2.24) is 14.9 Å². The van der Waals surface area contributed by atoms with Crippen LogP contribution in [0.1, 0.15) is 60.5 Å². The number of anilines is 1. The summed E-state index contributed by atoms with van der Waals surface area (Å²) in [5.41, 5.74) is 12.8. The number of rotatable bonds is 5. The Morgan fingerprint density at radius 2 is 1.83 bits per heavy atom. The van der Waals surface area contributed by atoms with Crippen LogP contribution < -0.4 is 11.2 Å². The smallest absolute Gasteiger partial charge is 0.267 e. The van der Waals surface area contributed by atoms with Crippen LogP contribution in [-0.2, 0) is 4.79 Å². The Morgan fingerprint density at radius 3 is 2.57 bits per heavy atom. The number of imidazole rings is 1. The first-order valence-electron chi connectivity index (χ1n) is 10.3. The monoisotopic (exact) mass is 402 g/mol. The molecule has 154 valence electrons. The lowest BCUT2D eigenvalue weighted by Crippen LogP contribution is -2.15. The molecule has 2 heterocycles. The summed E-state index contributed by atoms with van der Waals surface area (Å²) >= 11 is 0. The minimum absolute atomic E-state index is 0.395. The van der Waals surface area contributed by atoms with Gasteiger partial charge in [0, 0.05) is 17.6 Å². The quantitative estimate of drug-likeness (QED) is 0.329. The van der Waals surface area contributed by atoms with E-state index in [1.807, 2.05) is 34.7 Å². The minimum Gasteiger partial charge on any atom is -0.384 e. The van der Waals surface area contributed by atoms with Crippen molar-refractivity contribution in [2.45, 2.75) is 38.0 Å². The number of benzene rings is 1. The molecule has 30 heavy (non-hydrogen) atoms. The van der Waals surface area contributed by atoms with Crippen molar-refractivity contribution in [2.24, 2.45) is 0 Å². The first-order chi connectivity index (χ1) is 14.7. The number of carbonyl (C=O) groups excluding carboxylic acids is 1. The number of hydrogen-bond donors (Lipinski definition) is 3. The molecule has 6 heteroatoms. The van der Waals surface area contributed by atoms with Crippen molar-refractivity contribution in [3.8, 4) is 0 Å². The van der Waals surface area contributed by atoms with Crippen molar-refractivity contribution in [3.05, 3.63) is 71.1 Å². The third kappa shape index (κ3) is 4.14. The standard InChI is InChI=1S/C24H26N4O2/c25-24-19(13-16-22(29)27-30)12-15-21-26-20(14-11-17-7-3-1-4-8-17)23(28(21)24)18-9-5-2-6-10-18/h1,3-4,7-8,11-16,18,30H,2,5-6,9-10,25H2,(H,27,29). The lowest BCUT2D eigenvalue weighted by molar-refractivity contribution is -0.124. The minimum atomic E-state index is -0.598. The van der Waals surface area contributed by atoms with Crippen molar-refractivity contribution in [2.75, 3.05) is 5.73 Å². The second-order valence-electron chi connectivity index (χ2n) is 7.64. The number of nitrogen functional groups attached to an aromatic ring is 1. The molecule has 0 saturated heterocycles. The Balaban J connectivity index is 1.82. The van der Waals surface area contributed by atoms with E-state index in [0.29, 0.717) is 17.3 Å². The van der Waals surface area contributed by atoms with Gasteiger partial charge in [-0.05, 0) is 42.7 Å². The zero-order chi connectivity index (χ0) is 20.9. The molecule has 2 aromatic heterocycles. The van der Waals surface area contributed by atoms with E-state index < -0.39 is 5.91 Å². The summed E-state index contributed by atoms with van der Waals surface area (Å²) in [5, 5.41) is 8.72. The maximum absolute atomic E-state index is 11.4. The van der Waals surface area contributed by atoms with Gasteiger partial charge in [0.05, 0.1) is 11.4 Å². The van der Waals surface area contributed by atoms with Gasteiger partial charge < -0.3 is 5.73 Å². The highest BCUT2D eigenvalue weighted by molar-refractivity contribution is 5.91. The summed E-state index contributed by atoms with van der Waals surface area (Å²) in [7, 11) is 0. The predicted octanol–water partition coefficient (Wildman–Crippen LogP) is 4.65. The fourth-order valence-electron chi connectivity index (χ4n) is 4.19. The van der Waals surface area contributed by atoms with Gasteiger partial charge in [-0.15, -0.1) is 0 Å². The average Bonchev–Trinajstić information content (AvgIpc) is 3.17. The number of nitrogens with one attached hydrogen (secondary N) is 1. The first-order valence-corrected chi connectivity index (χ1v) is 10.3. The number of hydroxylamine groups is 1. The summed E-state index contributed by atoms with van der Waals surface area (Å²) in [5.74, 6) is 0.340. The molecule has 4 rings (SSSR count). The molecule has 1 amide bonds. The molecule has 6 nitrogen and oxygen atoms in total. The molecule has 0 radical (unpaired) electrons. The Labute approximate surface area is 175 Å². The van der Waals surface area contributed by atoms with Crippen molar-refractivity contribution < 1.29 is 10.0 Å². The highest BCUT2D eigenvalue weighted by Gasteiger charge is 2.24. The van der Waals surface area contributed by atoms with Crippen LogP contribution in [0.4, 0.5) is 5.82 Å². The van der Waals surface area contributed by atoms with Crippen LogP contribution in [0, 0.1) is 0 Å². The average molecular weight is 402 g/mol. The van der Waals surface area contributed by atoms with Crippen molar-refractivity contribution in [3.63, 3.8) is 0 Å². The summed E-state index contributed by atoms with van der Waals surface area (Å²) in [6, 6.07) is 13.9. The van der Waals surface area contributed by atoms with Crippen LogP contribution in [0.15, 0.2) is 48.5 Å². The molecule has 0 aliphatic heterocycles. The van der Waals surface area contributed by atoms with Crippen LogP contribution >= 0.6 is 0 Å². The number of hydrogen-bond acceptors (Lipinski definition) is 4. The molecule has 4 N–H and O–H groups in total. The van der Waals surface area contributed by atoms with Crippen molar-refractivity contribution in [1.29, 1.82) is 0 Å². The van der Waals surface area contributed by atoms with Gasteiger partial charge in [0.2, 0.25) is 0 Å². The van der Waals surface area contributed by atoms with Gasteiger partial charge in [0.15, 0.2) is 0 Å². The van der Waals surface area contributed by atoms with Crippen LogP contribution in [0.3, 0.4) is 0 Å². The molecule has 0 unspecified atom stereocenters. The number of fused-ring (bicyclic) bond motifs is 1. The molecule has 1 aliphatic rings. The number of nitrogens with zero attached hydrogens (tertiary/aromatic N) is 2. The van der Waals surface area contributed by atoms with E-state index in [4.69, 9.17) is 15.9 Å². The molecular formula is C24H26N4O2. The molecule has 1 fully saturated rings. The van der Waals surface area contributed by atoms with Crippen LogP contribution in [-0.4, -0.2) is 20.5 Å². The normalized spacial score (nSPS) is 15.4. The lowest BCUT2D eigenvalue weighted by Gasteiger charge is -2.23. The second-order valence-corrected chi connectivity index (χ2v) is 7.64. The fraction of sp³-hybridized carbons (Fsp3) is 0.250. The maximum atomic E-state index is 11.4. The third-order valence-electron chi connectivity index (χ3n) is 5.67. The summed E-state index contributed by atoms with van der Waals surface area (Å²) < 4.78 is 2.02. The molecule has 3 aromatic rings. The highest BCUT2D eigenvalue weighted by Crippen LogP contribution is 2.37. The Morgan fingerprint density at radius 1 is 1.07 bits per heavy atom. The number of aromatic nitrogens is 2. The van der Waals surface area contributed by atoms with E-state index in [-0.39, 0.29) is 0 Å². The van der Waals surface area contributed by atoms with E-state index in [2.05, 4.69) is 24.3 Å². The van der Waals surface area contributed by atoms with E-state index in [1.54, 1.807) is 11.6 Å².